The van der Waals surface area contributed by atoms with Crippen LogP contribution in [0.1, 0.15) is 138 Å². The molecule has 0 aliphatic heterocycles. The minimum Gasteiger partial charge on any atom is -0.493 e. The zero-order valence-electron chi connectivity index (χ0n) is 36.1. The second kappa shape index (κ2) is 19.9. The molecule has 5 rings (SSSR count). The fraction of sp³-hybridized carbons (Fsp3) is 0.520. The van der Waals surface area contributed by atoms with Crippen molar-refractivity contribution in [2.24, 2.45) is 0 Å². The normalized spacial score (nSPS) is 13.0. The Kier molecular flexibility index (Phi) is 15.3. The molecule has 8 bridgehead atoms. The first kappa shape index (κ1) is 43.1. The molecule has 4 aromatic rings. The van der Waals surface area contributed by atoms with E-state index in [-0.39, 0.29) is 10.8 Å². The van der Waals surface area contributed by atoms with Crippen LogP contribution in [0.25, 0.3) is 0 Å². The molecule has 56 heavy (non-hydrogen) atoms. The van der Waals surface area contributed by atoms with Gasteiger partial charge in [-0.2, -0.15) is 0 Å². The zero-order chi connectivity index (χ0) is 40.3. The first-order valence-corrected chi connectivity index (χ1v) is 21.1. The maximum absolute atomic E-state index is 6.79. The van der Waals surface area contributed by atoms with Gasteiger partial charge in [-0.15, -0.1) is 0 Å². The van der Waals surface area contributed by atoms with Gasteiger partial charge in [-0.05, 0) is 93.2 Å². The Morgan fingerprint density at radius 2 is 0.679 bits per heavy atom. The molecule has 0 spiro atoms. The topological polar surface area (TPSA) is 55.4 Å². The Morgan fingerprint density at radius 3 is 0.946 bits per heavy atom. The van der Waals surface area contributed by atoms with Gasteiger partial charge >= 0.3 is 0 Å². The maximum Gasteiger partial charge on any atom is 0.126 e. The van der Waals surface area contributed by atoms with Gasteiger partial charge < -0.3 is 28.4 Å². The molecular formula is C50H68O6. The quantitative estimate of drug-likeness (QED) is 0.0933. The van der Waals surface area contributed by atoms with Crippen LogP contribution in [0.4, 0.5) is 0 Å². The summed E-state index contributed by atoms with van der Waals surface area (Å²) in [5, 5.41) is 0. The monoisotopic (exact) mass is 765 g/mol. The molecular weight excluding hydrogens is 697 g/mol. The zero-order valence-corrected chi connectivity index (χ0v) is 36.1. The minimum absolute atomic E-state index is 0.0764. The largest absolute Gasteiger partial charge is 0.493 e. The van der Waals surface area contributed by atoms with Crippen molar-refractivity contribution < 1.29 is 28.4 Å². The van der Waals surface area contributed by atoms with Crippen molar-refractivity contribution in [3.63, 3.8) is 0 Å². The van der Waals surface area contributed by atoms with Crippen molar-refractivity contribution in [1.82, 2.24) is 0 Å². The number of fused-ring (bicyclic) bond motifs is 8. The molecule has 1 aliphatic rings. The van der Waals surface area contributed by atoms with Gasteiger partial charge in [0.15, 0.2) is 0 Å². The van der Waals surface area contributed by atoms with Crippen LogP contribution in [0.5, 0.6) is 23.0 Å². The van der Waals surface area contributed by atoms with Crippen LogP contribution in [0.2, 0.25) is 0 Å². The predicted molar refractivity (Wildman–Crippen MR) is 230 cm³/mol. The minimum atomic E-state index is -0.0764. The Balaban J connectivity index is 1.84. The number of rotatable bonds is 16. The number of ether oxygens (including phenoxy) is 6. The Labute approximate surface area is 338 Å². The van der Waals surface area contributed by atoms with Gasteiger partial charge in [-0.3, -0.25) is 0 Å². The van der Waals surface area contributed by atoms with Crippen LogP contribution < -0.4 is 18.9 Å². The second-order valence-electron chi connectivity index (χ2n) is 17.1. The molecule has 0 fully saturated rings. The lowest BCUT2D eigenvalue weighted by Gasteiger charge is -2.27. The molecule has 6 nitrogen and oxygen atoms in total. The molecule has 0 N–H and O–H groups in total. The molecule has 6 heteroatoms. The van der Waals surface area contributed by atoms with Gasteiger partial charge in [0.1, 0.15) is 36.2 Å². The molecule has 0 saturated carbocycles. The van der Waals surface area contributed by atoms with Gasteiger partial charge in [0.05, 0.1) is 26.4 Å². The summed E-state index contributed by atoms with van der Waals surface area (Å²) in [6.45, 7) is 26.7. The Hall–Kier alpha value is -4.00. The fourth-order valence-corrected chi connectivity index (χ4v) is 7.40. The number of para-hydroxylation sites is 2. The van der Waals surface area contributed by atoms with Crippen molar-refractivity contribution in [1.29, 1.82) is 0 Å². The molecule has 0 saturated heterocycles. The number of benzene rings is 4. The fourth-order valence-electron chi connectivity index (χ4n) is 7.40. The van der Waals surface area contributed by atoms with Gasteiger partial charge in [-0.1, -0.05) is 116 Å². The molecule has 0 amide bonds. The third-order valence-electron chi connectivity index (χ3n) is 10.4. The molecule has 1 aliphatic carbocycles. The van der Waals surface area contributed by atoms with E-state index in [1.165, 1.54) is 11.1 Å². The molecule has 0 aromatic heterocycles. The van der Waals surface area contributed by atoms with Crippen molar-refractivity contribution >= 4 is 0 Å². The van der Waals surface area contributed by atoms with Crippen molar-refractivity contribution in [2.45, 2.75) is 119 Å². The summed E-state index contributed by atoms with van der Waals surface area (Å²) < 4.78 is 38.6. The maximum atomic E-state index is 6.79. The van der Waals surface area contributed by atoms with Crippen LogP contribution in [-0.2, 0) is 46.0 Å². The van der Waals surface area contributed by atoms with Crippen molar-refractivity contribution in [3.8, 4) is 23.0 Å². The number of hydrogen-bond acceptors (Lipinski definition) is 6. The summed E-state index contributed by atoms with van der Waals surface area (Å²) in [5.41, 5.74) is 11.6. The number of hydrogen-bond donors (Lipinski definition) is 0. The van der Waals surface area contributed by atoms with Crippen LogP contribution in [0.15, 0.2) is 60.7 Å². The van der Waals surface area contributed by atoms with E-state index in [0.717, 1.165) is 80.3 Å². The molecule has 0 atom stereocenters. The molecule has 0 radical (unpaired) electrons. The Morgan fingerprint density at radius 1 is 0.393 bits per heavy atom. The van der Waals surface area contributed by atoms with E-state index in [4.69, 9.17) is 28.4 Å². The van der Waals surface area contributed by atoms with Gasteiger partial charge in [0.2, 0.25) is 0 Å². The molecule has 0 heterocycles. The van der Waals surface area contributed by atoms with Gasteiger partial charge in [0.25, 0.3) is 0 Å². The summed E-state index contributed by atoms with van der Waals surface area (Å²) in [6.07, 6.45) is 4.49. The lowest BCUT2D eigenvalue weighted by molar-refractivity contribution is 0.109. The van der Waals surface area contributed by atoms with Crippen molar-refractivity contribution in [2.75, 3.05) is 52.9 Å². The highest BCUT2D eigenvalue weighted by Crippen LogP contribution is 2.42. The summed E-state index contributed by atoms with van der Waals surface area (Å²) in [6, 6.07) is 22.7. The van der Waals surface area contributed by atoms with Crippen LogP contribution in [0, 0.1) is 0 Å². The summed E-state index contributed by atoms with van der Waals surface area (Å²) in [4.78, 5) is 0. The highest BCUT2D eigenvalue weighted by Gasteiger charge is 2.26. The SMILES string of the molecule is CCCOc1c2cccc1Cc1cc(C(C)(C)C)cc(c1OCCOCC)Cc1cccc(c1OCCC)Cc1cc(C(C)(C)C)cc(c1OCCOCC)C2. The second-order valence-corrected chi connectivity index (χ2v) is 17.1. The van der Waals surface area contributed by atoms with E-state index < -0.39 is 0 Å². The van der Waals surface area contributed by atoms with E-state index in [9.17, 15) is 0 Å². The van der Waals surface area contributed by atoms with Crippen LogP contribution in [0.3, 0.4) is 0 Å². The van der Waals surface area contributed by atoms with E-state index >= 15 is 0 Å². The van der Waals surface area contributed by atoms with E-state index in [1.54, 1.807) is 0 Å². The third kappa shape index (κ3) is 11.1. The Bertz CT molecular complexity index is 1650. The first-order chi connectivity index (χ1) is 26.9. The average Bonchev–Trinajstić information content (AvgIpc) is 3.14. The average molecular weight is 765 g/mol. The summed E-state index contributed by atoms with van der Waals surface area (Å²) >= 11 is 0. The van der Waals surface area contributed by atoms with E-state index in [2.05, 4.69) is 116 Å². The van der Waals surface area contributed by atoms with Gasteiger partial charge in [-0.25, -0.2) is 0 Å². The molecule has 304 valence electrons. The first-order valence-electron chi connectivity index (χ1n) is 21.1. The van der Waals surface area contributed by atoms with Gasteiger partial charge in [0, 0.05) is 38.9 Å². The van der Waals surface area contributed by atoms with E-state index in [1.807, 2.05) is 13.8 Å². The van der Waals surface area contributed by atoms with Crippen LogP contribution in [-0.4, -0.2) is 52.9 Å². The highest BCUT2D eigenvalue weighted by atomic mass is 16.5. The lowest BCUT2D eigenvalue weighted by atomic mass is 9.81. The predicted octanol–water partition coefficient (Wildman–Crippen LogP) is 11.4. The van der Waals surface area contributed by atoms with E-state index in [0.29, 0.717) is 78.5 Å². The smallest absolute Gasteiger partial charge is 0.126 e. The summed E-state index contributed by atoms with van der Waals surface area (Å²) in [7, 11) is 0. The molecule has 4 aromatic carbocycles. The molecule has 0 unspecified atom stereocenters. The third-order valence-corrected chi connectivity index (χ3v) is 10.4. The summed E-state index contributed by atoms with van der Waals surface area (Å²) in [5.74, 6) is 3.75. The van der Waals surface area contributed by atoms with Crippen molar-refractivity contribution in [3.05, 3.63) is 116 Å². The lowest BCUT2D eigenvalue weighted by Crippen LogP contribution is -2.16. The highest BCUT2D eigenvalue weighted by molar-refractivity contribution is 5.58. The standard InChI is InChI=1S/C50H68O6/c1-11-21-53-45-35-17-15-18-36(45)28-40-32-44(50(8,9)10)34-42(48(40)56-26-24-52-14-4)30-38-20-16-19-37(46(38)54-22-12-2)29-41-33-43(49(5,6)7)31-39(27-35)47(41)55-25-23-51-13-3/h15-20,31-34H,11-14,21-30H2,1-10H3. The van der Waals surface area contributed by atoms with Crippen LogP contribution >= 0.6 is 0 Å².